The molecule has 1 atom stereocenters. The average molecular weight is 465 g/mol. The number of nitro groups is 1. The number of hydrogen-bond acceptors (Lipinski definition) is 9. The van der Waals surface area contributed by atoms with Crippen LogP contribution in [0, 0.1) is 10.1 Å². The zero-order valence-electron chi connectivity index (χ0n) is 16.6. The van der Waals surface area contributed by atoms with Crippen molar-refractivity contribution in [1.29, 1.82) is 0 Å². The molecule has 0 fully saturated rings. The summed E-state index contributed by atoms with van der Waals surface area (Å²) in [6.07, 6.45) is 0. The van der Waals surface area contributed by atoms with Crippen molar-refractivity contribution in [2.24, 2.45) is 0 Å². The summed E-state index contributed by atoms with van der Waals surface area (Å²) in [6.45, 7) is 1.65. The third kappa shape index (κ3) is 5.03. The maximum atomic E-state index is 12.7. The minimum atomic E-state index is -0.656. The molecule has 1 heterocycles. The Labute approximate surface area is 185 Å². The number of amides is 1. The molecule has 3 rings (SSSR count). The molecule has 1 aromatic heterocycles. The maximum absolute atomic E-state index is 12.7. The van der Waals surface area contributed by atoms with Gasteiger partial charge in [-0.15, -0.1) is 5.10 Å². The van der Waals surface area contributed by atoms with Gasteiger partial charge in [0.05, 0.1) is 35.1 Å². The Hall–Kier alpha value is -3.38. The van der Waals surface area contributed by atoms with Gasteiger partial charge in [0.2, 0.25) is 11.1 Å². The Bertz CT molecular complexity index is 1120. The van der Waals surface area contributed by atoms with Crippen molar-refractivity contribution in [1.82, 2.24) is 20.2 Å². The van der Waals surface area contributed by atoms with Crippen molar-refractivity contribution < 1.29 is 19.2 Å². The van der Waals surface area contributed by atoms with Gasteiger partial charge in [-0.05, 0) is 35.5 Å². The lowest BCUT2D eigenvalue weighted by molar-refractivity contribution is -0.384. The van der Waals surface area contributed by atoms with E-state index in [0.29, 0.717) is 22.3 Å². The number of anilines is 1. The molecule has 0 spiro atoms. The van der Waals surface area contributed by atoms with E-state index in [4.69, 9.17) is 21.1 Å². The van der Waals surface area contributed by atoms with E-state index in [2.05, 4.69) is 20.8 Å². The third-order valence-electron chi connectivity index (χ3n) is 4.13. The number of aromatic nitrogens is 4. The Kier molecular flexibility index (Phi) is 6.92. The van der Waals surface area contributed by atoms with Crippen LogP contribution in [0.1, 0.15) is 6.92 Å². The highest BCUT2D eigenvalue weighted by atomic mass is 35.5. The van der Waals surface area contributed by atoms with Gasteiger partial charge in [0, 0.05) is 18.2 Å². The van der Waals surface area contributed by atoms with Crippen LogP contribution >= 0.6 is 23.4 Å². The zero-order chi connectivity index (χ0) is 22.5. The van der Waals surface area contributed by atoms with E-state index in [1.807, 2.05) is 0 Å². The van der Waals surface area contributed by atoms with Crippen molar-refractivity contribution >= 4 is 40.6 Å². The summed E-state index contributed by atoms with van der Waals surface area (Å²) in [6, 6.07) is 8.95. The monoisotopic (exact) mass is 464 g/mol. The molecule has 3 aromatic rings. The number of tetrazole rings is 1. The van der Waals surface area contributed by atoms with Gasteiger partial charge >= 0.3 is 0 Å². The maximum Gasteiger partial charge on any atom is 0.271 e. The van der Waals surface area contributed by atoms with E-state index in [0.717, 1.165) is 11.8 Å². The van der Waals surface area contributed by atoms with Gasteiger partial charge in [-0.3, -0.25) is 14.9 Å². The van der Waals surface area contributed by atoms with Gasteiger partial charge < -0.3 is 14.8 Å². The van der Waals surface area contributed by atoms with Gasteiger partial charge in [0.1, 0.15) is 17.2 Å². The van der Waals surface area contributed by atoms with Gasteiger partial charge in [-0.2, -0.15) is 4.68 Å². The van der Waals surface area contributed by atoms with Crippen LogP contribution in [-0.4, -0.2) is 50.5 Å². The molecular weight excluding hydrogens is 448 g/mol. The third-order valence-corrected chi connectivity index (χ3v) is 5.49. The van der Waals surface area contributed by atoms with Crippen molar-refractivity contribution in [3.8, 4) is 17.2 Å². The fraction of sp³-hybridized carbons (Fsp3) is 0.222. The number of hydrogen-bond donors (Lipinski definition) is 1. The molecule has 1 amide bonds. The molecule has 1 N–H and O–H groups in total. The molecule has 0 aliphatic rings. The Morgan fingerprint density at radius 3 is 2.71 bits per heavy atom. The second-order valence-electron chi connectivity index (χ2n) is 6.08. The number of nitrogens with zero attached hydrogens (tertiary/aromatic N) is 5. The minimum Gasteiger partial charge on any atom is -0.497 e. The molecular formula is C18H17ClN6O5S. The second-order valence-corrected chi connectivity index (χ2v) is 7.80. The van der Waals surface area contributed by atoms with Crippen LogP contribution in [0.5, 0.6) is 11.5 Å². The highest BCUT2D eigenvalue weighted by molar-refractivity contribution is 8.00. The molecule has 1 unspecified atom stereocenters. The number of carbonyl (C=O) groups excluding carboxylic acids is 1. The average Bonchev–Trinajstić information content (AvgIpc) is 3.22. The second kappa shape index (κ2) is 9.62. The zero-order valence-corrected chi connectivity index (χ0v) is 18.2. The molecule has 0 saturated carbocycles. The van der Waals surface area contributed by atoms with Gasteiger partial charge in [-0.1, -0.05) is 23.4 Å². The topological polar surface area (TPSA) is 134 Å². The first-order valence-electron chi connectivity index (χ1n) is 8.76. The fourth-order valence-corrected chi connectivity index (χ4v) is 3.50. The van der Waals surface area contributed by atoms with Crippen molar-refractivity contribution in [3.05, 3.63) is 51.5 Å². The lowest BCUT2D eigenvalue weighted by Crippen LogP contribution is -2.23. The molecule has 0 saturated heterocycles. The van der Waals surface area contributed by atoms with Crippen LogP contribution in [0.3, 0.4) is 0 Å². The lowest BCUT2D eigenvalue weighted by atomic mass is 10.2. The minimum absolute atomic E-state index is 0.141. The van der Waals surface area contributed by atoms with Gasteiger partial charge in [0.25, 0.3) is 5.69 Å². The number of thioether (sulfide) groups is 1. The normalized spacial score (nSPS) is 11.6. The van der Waals surface area contributed by atoms with Crippen molar-refractivity contribution in [2.75, 3.05) is 19.5 Å². The largest absolute Gasteiger partial charge is 0.497 e. The van der Waals surface area contributed by atoms with E-state index in [1.54, 1.807) is 25.1 Å². The smallest absolute Gasteiger partial charge is 0.271 e. The predicted molar refractivity (Wildman–Crippen MR) is 114 cm³/mol. The number of non-ortho nitro benzene ring substituents is 1. The standard InChI is InChI=1S/C18H17ClN6O5S/c1-10(17(26)20-14-8-11(25(27)28)4-6-13(14)19)31-18-21-22-23-24(18)15-9-12(29-2)5-7-16(15)30-3/h4-10H,1-3H3,(H,20,26). The van der Waals surface area contributed by atoms with Crippen LogP contribution in [0.4, 0.5) is 11.4 Å². The molecule has 162 valence electrons. The summed E-state index contributed by atoms with van der Waals surface area (Å²) in [4.78, 5) is 23.1. The number of benzene rings is 2. The van der Waals surface area contributed by atoms with E-state index in [9.17, 15) is 14.9 Å². The Balaban J connectivity index is 1.81. The van der Waals surface area contributed by atoms with E-state index >= 15 is 0 Å². The highest BCUT2D eigenvalue weighted by Gasteiger charge is 2.22. The van der Waals surface area contributed by atoms with Crippen molar-refractivity contribution in [2.45, 2.75) is 17.3 Å². The first kappa shape index (κ1) is 22.3. The van der Waals surface area contributed by atoms with E-state index < -0.39 is 16.1 Å². The quantitative estimate of drug-likeness (QED) is 0.302. The number of ether oxygens (including phenoxy) is 2. The predicted octanol–water partition coefficient (Wildman–Crippen LogP) is 3.36. The molecule has 13 heteroatoms. The van der Waals surface area contributed by atoms with Crippen LogP contribution < -0.4 is 14.8 Å². The summed E-state index contributed by atoms with van der Waals surface area (Å²) in [5.74, 6) is 0.656. The summed E-state index contributed by atoms with van der Waals surface area (Å²) in [7, 11) is 3.05. The van der Waals surface area contributed by atoms with Crippen LogP contribution in [0.2, 0.25) is 5.02 Å². The van der Waals surface area contributed by atoms with Crippen LogP contribution in [-0.2, 0) is 4.79 Å². The molecule has 0 bridgehead atoms. The summed E-state index contributed by atoms with van der Waals surface area (Å²) in [5.41, 5.74) is 0.486. The van der Waals surface area contributed by atoms with Gasteiger partial charge in [0.15, 0.2) is 0 Å². The summed E-state index contributed by atoms with van der Waals surface area (Å²) in [5, 5.41) is 25.1. The Morgan fingerprint density at radius 1 is 1.26 bits per heavy atom. The fourth-order valence-electron chi connectivity index (χ4n) is 2.53. The lowest BCUT2D eigenvalue weighted by Gasteiger charge is -2.14. The van der Waals surface area contributed by atoms with E-state index in [1.165, 1.54) is 37.1 Å². The SMILES string of the molecule is COc1ccc(OC)c(-n2nnnc2SC(C)C(=O)Nc2cc([N+](=O)[O-])ccc2Cl)c1. The Morgan fingerprint density at radius 2 is 2.03 bits per heavy atom. The van der Waals surface area contributed by atoms with Crippen molar-refractivity contribution in [3.63, 3.8) is 0 Å². The number of nitro benzene ring substituents is 1. The van der Waals surface area contributed by atoms with Gasteiger partial charge in [-0.25, -0.2) is 0 Å². The first-order chi connectivity index (χ1) is 14.8. The van der Waals surface area contributed by atoms with E-state index in [-0.39, 0.29) is 16.4 Å². The molecule has 0 aliphatic heterocycles. The van der Waals surface area contributed by atoms with Crippen LogP contribution in [0.15, 0.2) is 41.6 Å². The molecule has 2 aromatic carbocycles. The number of methoxy groups -OCH3 is 2. The first-order valence-corrected chi connectivity index (χ1v) is 10.0. The molecule has 0 aliphatic carbocycles. The van der Waals surface area contributed by atoms with Crippen LogP contribution in [0.25, 0.3) is 5.69 Å². The molecule has 11 nitrogen and oxygen atoms in total. The highest BCUT2D eigenvalue weighted by Crippen LogP contribution is 2.32. The number of halogens is 1. The number of carbonyl (C=O) groups is 1. The summed E-state index contributed by atoms with van der Waals surface area (Å²) < 4.78 is 12.0. The summed E-state index contributed by atoms with van der Waals surface area (Å²) >= 11 is 7.14. The number of nitrogens with one attached hydrogen (secondary N) is 1. The molecule has 0 radical (unpaired) electrons. The molecule has 31 heavy (non-hydrogen) atoms. The number of rotatable bonds is 8.